The number of carbonyl (C=O) groups excluding carboxylic acids is 1. The predicted molar refractivity (Wildman–Crippen MR) is 132 cm³/mol. The van der Waals surface area contributed by atoms with Gasteiger partial charge >= 0.3 is 0 Å². The van der Waals surface area contributed by atoms with Crippen molar-refractivity contribution in [2.75, 3.05) is 10.6 Å². The predicted octanol–water partition coefficient (Wildman–Crippen LogP) is 4.99. The Morgan fingerprint density at radius 3 is 2.25 bits per heavy atom. The number of benzene rings is 2. The fourth-order valence-electron chi connectivity index (χ4n) is 4.58. The molecule has 0 aliphatic heterocycles. The first-order valence-corrected chi connectivity index (χ1v) is 13.5. The van der Waals surface area contributed by atoms with Gasteiger partial charge in [-0.3, -0.25) is 9.10 Å². The molecule has 3 rings (SSSR count). The maximum absolute atomic E-state index is 13.4. The number of nitrogens with zero attached hydrogens (tertiary/aromatic N) is 1. The van der Waals surface area contributed by atoms with Gasteiger partial charge in [-0.05, 0) is 92.3 Å². The molecule has 0 radical (unpaired) electrons. The highest BCUT2D eigenvalue weighted by Crippen LogP contribution is 2.28. The van der Waals surface area contributed by atoms with Crippen LogP contribution >= 0.6 is 0 Å². The van der Waals surface area contributed by atoms with Crippen LogP contribution in [0.3, 0.4) is 0 Å². The molecule has 0 heterocycles. The normalized spacial score (nSPS) is 15.5. The zero-order valence-electron chi connectivity index (χ0n) is 19.9. The molecule has 1 amide bonds. The Labute approximate surface area is 193 Å². The summed E-state index contributed by atoms with van der Waals surface area (Å²) in [4.78, 5) is 13.4. The van der Waals surface area contributed by atoms with Crippen LogP contribution in [0.4, 0.5) is 5.69 Å². The largest absolute Gasteiger partial charge is 0.347 e. The van der Waals surface area contributed by atoms with Crippen LogP contribution in [0.15, 0.2) is 36.4 Å². The summed E-state index contributed by atoms with van der Waals surface area (Å²) >= 11 is 0. The quantitative estimate of drug-likeness (QED) is 0.608. The summed E-state index contributed by atoms with van der Waals surface area (Å²) in [6, 6.07) is 11.1. The summed E-state index contributed by atoms with van der Waals surface area (Å²) in [7, 11) is -3.65. The molecule has 0 spiro atoms. The average molecular weight is 457 g/mol. The van der Waals surface area contributed by atoms with Crippen LogP contribution in [-0.4, -0.2) is 26.6 Å². The van der Waals surface area contributed by atoms with E-state index in [1.165, 1.54) is 34.5 Å². The molecule has 1 aliphatic rings. The Balaban J connectivity index is 1.89. The van der Waals surface area contributed by atoms with E-state index in [2.05, 4.69) is 23.5 Å². The van der Waals surface area contributed by atoms with Crippen molar-refractivity contribution in [3.8, 4) is 0 Å². The molecule has 0 aromatic heterocycles. The number of carbonyl (C=O) groups is 1. The van der Waals surface area contributed by atoms with E-state index in [1.54, 1.807) is 6.07 Å². The number of amides is 1. The molecule has 2 atom stereocenters. The molecule has 5 nitrogen and oxygen atoms in total. The number of hydrogen-bond acceptors (Lipinski definition) is 3. The minimum absolute atomic E-state index is 0.148. The highest BCUT2D eigenvalue weighted by Gasteiger charge is 2.32. The lowest BCUT2D eigenvalue weighted by Crippen LogP contribution is -2.50. The average Bonchev–Trinajstić information content (AvgIpc) is 2.76. The first-order chi connectivity index (χ1) is 15.2. The van der Waals surface area contributed by atoms with E-state index in [1.807, 2.05) is 39.8 Å². The summed E-state index contributed by atoms with van der Waals surface area (Å²) < 4.78 is 26.8. The first kappa shape index (κ1) is 24.3. The lowest BCUT2D eigenvalue weighted by atomic mass is 9.88. The van der Waals surface area contributed by atoms with Crippen LogP contribution < -0.4 is 9.62 Å². The van der Waals surface area contributed by atoms with E-state index >= 15 is 0 Å². The maximum atomic E-state index is 13.4. The molecular weight excluding hydrogens is 420 g/mol. The van der Waals surface area contributed by atoms with Gasteiger partial charge in [-0.2, -0.15) is 0 Å². The van der Waals surface area contributed by atoms with Crippen LogP contribution in [0, 0.1) is 13.8 Å². The fourth-order valence-corrected chi connectivity index (χ4v) is 5.79. The number of anilines is 1. The summed E-state index contributed by atoms with van der Waals surface area (Å²) in [5.41, 5.74) is 6.48. The van der Waals surface area contributed by atoms with Gasteiger partial charge in [0.1, 0.15) is 6.04 Å². The minimum Gasteiger partial charge on any atom is -0.347 e. The van der Waals surface area contributed by atoms with Crippen molar-refractivity contribution in [3.05, 3.63) is 64.2 Å². The van der Waals surface area contributed by atoms with Crippen LogP contribution in [0.2, 0.25) is 0 Å². The number of hydrogen-bond donors (Lipinski definition) is 1. The lowest BCUT2D eigenvalue weighted by Gasteiger charge is -2.32. The second kappa shape index (κ2) is 10.1. The monoisotopic (exact) mass is 456 g/mol. The van der Waals surface area contributed by atoms with Gasteiger partial charge in [0, 0.05) is 0 Å². The van der Waals surface area contributed by atoms with Crippen molar-refractivity contribution in [3.63, 3.8) is 0 Å². The number of fused-ring (bicyclic) bond motifs is 1. The third-order valence-electron chi connectivity index (χ3n) is 6.57. The number of rotatable bonds is 8. The summed E-state index contributed by atoms with van der Waals surface area (Å²) in [5.74, 6) is -0.263. The Morgan fingerprint density at radius 2 is 1.66 bits per heavy atom. The molecule has 1 N–H and O–H groups in total. The summed E-state index contributed by atoms with van der Waals surface area (Å²) in [5, 5.41) is 3.14. The molecule has 0 saturated heterocycles. The van der Waals surface area contributed by atoms with E-state index in [0.717, 1.165) is 36.0 Å². The second-order valence-corrected chi connectivity index (χ2v) is 10.8. The van der Waals surface area contributed by atoms with E-state index in [0.29, 0.717) is 12.1 Å². The van der Waals surface area contributed by atoms with Gasteiger partial charge in [0.05, 0.1) is 18.0 Å². The lowest BCUT2D eigenvalue weighted by molar-refractivity contribution is -0.123. The van der Waals surface area contributed by atoms with Gasteiger partial charge in [0.2, 0.25) is 15.9 Å². The van der Waals surface area contributed by atoms with Crippen LogP contribution in [-0.2, 0) is 27.7 Å². The Kier molecular flexibility index (Phi) is 7.65. The number of sulfonamides is 1. The van der Waals surface area contributed by atoms with Crippen molar-refractivity contribution in [2.45, 2.75) is 78.3 Å². The highest BCUT2D eigenvalue weighted by molar-refractivity contribution is 7.92. The molecule has 2 aromatic rings. The van der Waals surface area contributed by atoms with Crippen molar-refractivity contribution in [1.82, 2.24) is 5.32 Å². The standard InChI is InChI=1S/C26H36N2O3S/c1-6-24(22-14-13-20-10-8-9-11-21(20)17-22)27-26(29)25(7-2)28(32(5,30)31)23-15-12-18(3)19(4)16-23/h12-17,24-25H,6-11H2,1-5H3,(H,27,29)/t24-,25+/m0/s1. The van der Waals surface area contributed by atoms with Crippen LogP contribution in [0.25, 0.3) is 0 Å². The number of aryl methyl sites for hydroxylation is 4. The second-order valence-electron chi connectivity index (χ2n) is 8.96. The molecule has 1 aliphatic carbocycles. The Bertz CT molecular complexity index is 1080. The SMILES string of the molecule is CC[C@H](NC(=O)[C@@H](CC)N(c1ccc(C)c(C)c1)S(C)(=O)=O)c1ccc2c(c1)CCCC2. The van der Waals surface area contributed by atoms with Gasteiger partial charge in [0.25, 0.3) is 0 Å². The third kappa shape index (κ3) is 5.34. The van der Waals surface area contributed by atoms with Gasteiger partial charge in [0.15, 0.2) is 0 Å². The smallest absolute Gasteiger partial charge is 0.244 e. The molecular formula is C26H36N2O3S. The number of nitrogens with one attached hydrogen (secondary N) is 1. The molecule has 2 aromatic carbocycles. The van der Waals surface area contributed by atoms with Gasteiger partial charge in [-0.1, -0.05) is 38.1 Å². The fraction of sp³-hybridized carbons (Fsp3) is 0.500. The Hall–Kier alpha value is -2.34. The van der Waals surface area contributed by atoms with Crippen molar-refractivity contribution in [1.29, 1.82) is 0 Å². The summed E-state index contributed by atoms with van der Waals surface area (Å²) in [6.45, 7) is 7.83. The molecule has 0 unspecified atom stereocenters. The summed E-state index contributed by atoms with van der Waals surface area (Å²) in [6.07, 6.45) is 6.93. The van der Waals surface area contributed by atoms with Crippen LogP contribution in [0.5, 0.6) is 0 Å². The van der Waals surface area contributed by atoms with Gasteiger partial charge in [-0.15, -0.1) is 0 Å². The van der Waals surface area contributed by atoms with E-state index in [4.69, 9.17) is 0 Å². The van der Waals surface area contributed by atoms with Gasteiger partial charge in [-0.25, -0.2) is 8.42 Å². The Morgan fingerprint density at radius 1 is 0.969 bits per heavy atom. The van der Waals surface area contributed by atoms with Gasteiger partial charge < -0.3 is 5.32 Å². The van der Waals surface area contributed by atoms with E-state index in [-0.39, 0.29) is 11.9 Å². The molecule has 0 bridgehead atoms. The third-order valence-corrected chi connectivity index (χ3v) is 7.75. The van der Waals surface area contributed by atoms with Crippen molar-refractivity contribution < 1.29 is 13.2 Å². The highest BCUT2D eigenvalue weighted by atomic mass is 32.2. The zero-order chi connectivity index (χ0) is 23.5. The van der Waals surface area contributed by atoms with Crippen molar-refractivity contribution >= 4 is 21.6 Å². The van der Waals surface area contributed by atoms with Crippen LogP contribution in [0.1, 0.15) is 73.4 Å². The maximum Gasteiger partial charge on any atom is 0.244 e. The molecule has 174 valence electrons. The topological polar surface area (TPSA) is 66.5 Å². The minimum atomic E-state index is -3.65. The van der Waals surface area contributed by atoms with E-state index in [9.17, 15) is 13.2 Å². The zero-order valence-corrected chi connectivity index (χ0v) is 20.8. The van der Waals surface area contributed by atoms with Crippen molar-refractivity contribution in [2.24, 2.45) is 0 Å². The molecule has 0 saturated carbocycles. The van der Waals surface area contributed by atoms with E-state index < -0.39 is 16.1 Å². The first-order valence-electron chi connectivity index (χ1n) is 11.6. The molecule has 6 heteroatoms. The molecule has 0 fully saturated rings. The molecule has 32 heavy (non-hydrogen) atoms.